The van der Waals surface area contributed by atoms with Crippen molar-refractivity contribution in [1.82, 2.24) is 0 Å². The van der Waals surface area contributed by atoms with Gasteiger partial charge in [-0.3, -0.25) is 14.1 Å². The Kier molecular flexibility index (Phi) is 6.10. The number of nitrogens with two attached hydrogens (primary N) is 1. The summed E-state index contributed by atoms with van der Waals surface area (Å²) in [6.45, 7) is 0. The van der Waals surface area contributed by atoms with E-state index in [2.05, 4.69) is 5.32 Å². The third-order valence-electron chi connectivity index (χ3n) is 4.60. The third kappa shape index (κ3) is 3.78. The summed E-state index contributed by atoms with van der Waals surface area (Å²) in [5.74, 6) is -1.09. The first-order chi connectivity index (χ1) is 13.7. The molecule has 4 rings (SSSR count). The zero-order valence-electron chi connectivity index (χ0n) is 14.6. The van der Waals surface area contributed by atoms with Crippen molar-refractivity contribution >= 4 is 79.9 Å². The van der Waals surface area contributed by atoms with Gasteiger partial charge >= 0.3 is 29.6 Å². The standard InChI is InChI=1S/C20H13ClN2O5S.Na.H/c21-10-5-7-11(8-6-10)23-14-9-15(29(26,27)28)18(22)17-16(14)19(24)12-3-1-2-4-13(12)20(17)25;;/h1-9,23H,22H2,(H,26,27,28);;. The minimum absolute atomic E-state index is 0. The zero-order valence-corrected chi connectivity index (χ0v) is 16.2. The van der Waals surface area contributed by atoms with Gasteiger partial charge in [0, 0.05) is 21.8 Å². The van der Waals surface area contributed by atoms with Crippen LogP contribution in [-0.4, -0.2) is 54.1 Å². The molecule has 0 amide bonds. The Hall–Kier alpha value is -2.20. The van der Waals surface area contributed by atoms with Crippen LogP contribution < -0.4 is 11.1 Å². The molecule has 148 valence electrons. The van der Waals surface area contributed by atoms with Crippen LogP contribution >= 0.6 is 11.6 Å². The Morgan fingerprint density at radius 3 is 1.97 bits per heavy atom. The molecule has 1 aliphatic rings. The van der Waals surface area contributed by atoms with E-state index in [1.807, 2.05) is 0 Å². The molecule has 3 aromatic carbocycles. The van der Waals surface area contributed by atoms with Gasteiger partial charge in [0.1, 0.15) is 4.90 Å². The summed E-state index contributed by atoms with van der Waals surface area (Å²) in [5, 5.41) is 3.40. The number of hydrogen-bond donors (Lipinski definition) is 3. The van der Waals surface area contributed by atoms with E-state index in [-0.39, 0.29) is 57.5 Å². The van der Waals surface area contributed by atoms with Crippen LogP contribution in [-0.2, 0) is 10.1 Å². The molecule has 0 atom stereocenters. The molecule has 0 saturated heterocycles. The molecular weight excluding hydrogens is 439 g/mol. The predicted octanol–water partition coefficient (Wildman–Crippen LogP) is 3.04. The number of ketones is 2. The number of halogens is 1. The Labute approximate surface area is 199 Å². The van der Waals surface area contributed by atoms with Crippen LogP contribution in [0.15, 0.2) is 59.5 Å². The fraction of sp³-hybridized carbons (Fsp3) is 0. The second kappa shape index (κ2) is 8.14. The number of nitrogen functional groups attached to an aromatic ring is 1. The average molecular weight is 453 g/mol. The van der Waals surface area contributed by atoms with E-state index in [0.717, 1.165) is 6.07 Å². The zero-order chi connectivity index (χ0) is 20.9. The number of benzene rings is 3. The van der Waals surface area contributed by atoms with E-state index in [0.29, 0.717) is 10.7 Å². The fourth-order valence-corrected chi connectivity index (χ4v) is 4.07. The van der Waals surface area contributed by atoms with Gasteiger partial charge in [-0.05, 0) is 30.3 Å². The van der Waals surface area contributed by atoms with Crippen LogP contribution in [0.3, 0.4) is 0 Å². The average Bonchev–Trinajstić information content (AvgIpc) is 2.68. The molecule has 0 aromatic heterocycles. The van der Waals surface area contributed by atoms with Crippen molar-refractivity contribution in [3.8, 4) is 0 Å². The minimum atomic E-state index is -4.76. The van der Waals surface area contributed by atoms with E-state index in [4.69, 9.17) is 17.3 Å². The van der Waals surface area contributed by atoms with Crippen molar-refractivity contribution in [2.75, 3.05) is 11.1 Å². The van der Waals surface area contributed by atoms with E-state index in [9.17, 15) is 22.6 Å². The van der Waals surface area contributed by atoms with Crippen molar-refractivity contribution in [1.29, 1.82) is 0 Å². The molecule has 0 spiro atoms. The maximum absolute atomic E-state index is 13.2. The SMILES string of the molecule is Nc1c(S(=O)(=O)O)cc(Nc2ccc(Cl)cc2)c2c1C(=O)c1ccccc1C2=O.[NaH]. The molecule has 0 heterocycles. The van der Waals surface area contributed by atoms with Gasteiger partial charge in [0.2, 0.25) is 0 Å². The number of fused-ring (bicyclic) bond motifs is 2. The molecule has 0 unspecified atom stereocenters. The predicted molar refractivity (Wildman–Crippen MR) is 116 cm³/mol. The van der Waals surface area contributed by atoms with Gasteiger partial charge in [-0.15, -0.1) is 0 Å². The van der Waals surface area contributed by atoms with Gasteiger partial charge in [-0.1, -0.05) is 35.9 Å². The summed E-state index contributed by atoms with van der Waals surface area (Å²) in [6.07, 6.45) is 0. The van der Waals surface area contributed by atoms with Gasteiger partial charge in [0.25, 0.3) is 10.1 Å². The Morgan fingerprint density at radius 2 is 1.43 bits per heavy atom. The van der Waals surface area contributed by atoms with Crippen LogP contribution in [0.1, 0.15) is 31.8 Å². The first kappa shape index (κ1) is 22.5. The number of anilines is 3. The summed E-state index contributed by atoms with van der Waals surface area (Å²) < 4.78 is 33.3. The molecule has 0 bridgehead atoms. The topological polar surface area (TPSA) is 127 Å². The third-order valence-corrected chi connectivity index (χ3v) is 5.75. The van der Waals surface area contributed by atoms with Crippen molar-refractivity contribution in [3.05, 3.63) is 81.9 Å². The summed E-state index contributed by atoms with van der Waals surface area (Å²) in [4.78, 5) is 25.5. The van der Waals surface area contributed by atoms with Gasteiger partial charge in [0.05, 0.1) is 22.5 Å². The normalized spacial score (nSPS) is 12.6. The molecule has 4 N–H and O–H groups in total. The summed E-state index contributed by atoms with van der Waals surface area (Å²) >= 11 is 5.88. The van der Waals surface area contributed by atoms with E-state index in [1.165, 1.54) is 12.1 Å². The molecule has 10 heteroatoms. The molecule has 3 aromatic rings. The monoisotopic (exact) mass is 452 g/mol. The van der Waals surface area contributed by atoms with E-state index >= 15 is 0 Å². The molecule has 7 nitrogen and oxygen atoms in total. The van der Waals surface area contributed by atoms with Gasteiger partial charge in [0.15, 0.2) is 11.6 Å². The second-order valence-electron chi connectivity index (χ2n) is 6.40. The Bertz CT molecular complexity index is 1310. The fourth-order valence-electron chi connectivity index (χ4n) is 3.29. The van der Waals surface area contributed by atoms with Gasteiger partial charge in [-0.2, -0.15) is 8.42 Å². The quantitative estimate of drug-likeness (QED) is 0.248. The van der Waals surface area contributed by atoms with Gasteiger partial charge in [-0.25, -0.2) is 0 Å². The van der Waals surface area contributed by atoms with Crippen LogP contribution in [0.5, 0.6) is 0 Å². The van der Waals surface area contributed by atoms with Gasteiger partial charge < -0.3 is 11.1 Å². The van der Waals surface area contributed by atoms with Crippen LogP contribution in [0.2, 0.25) is 5.02 Å². The Morgan fingerprint density at radius 1 is 0.900 bits per heavy atom. The molecule has 0 aliphatic heterocycles. The number of nitrogens with one attached hydrogen (secondary N) is 1. The molecule has 0 radical (unpaired) electrons. The van der Waals surface area contributed by atoms with Crippen molar-refractivity contribution in [2.24, 2.45) is 0 Å². The van der Waals surface area contributed by atoms with Crippen molar-refractivity contribution in [3.63, 3.8) is 0 Å². The van der Waals surface area contributed by atoms with Crippen LogP contribution in [0, 0.1) is 0 Å². The summed E-state index contributed by atoms with van der Waals surface area (Å²) in [6, 6.07) is 13.6. The number of carbonyl (C=O) groups is 2. The first-order valence-electron chi connectivity index (χ1n) is 8.33. The first-order valence-corrected chi connectivity index (χ1v) is 10.2. The molecule has 0 saturated carbocycles. The number of rotatable bonds is 3. The van der Waals surface area contributed by atoms with Crippen LogP contribution in [0.4, 0.5) is 17.1 Å². The maximum atomic E-state index is 13.2. The summed E-state index contributed by atoms with van der Waals surface area (Å²) in [5.41, 5.74) is 5.93. The number of carbonyl (C=O) groups excluding carboxylic acids is 2. The van der Waals surface area contributed by atoms with E-state index in [1.54, 1.807) is 36.4 Å². The van der Waals surface area contributed by atoms with Crippen molar-refractivity contribution < 1.29 is 22.6 Å². The van der Waals surface area contributed by atoms with Crippen LogP contribution in [0.25, 0.3) is 0 Å². The molecular formula is C20H14ClN2NaO5S. The molecule has 0 fully saturated rings. The second-order valence-corrected chi connectivity index (χ2v) is 8.22. The molecule has 30 heavy (non-hydrogen) atoms. The Balaban J connectivity index is 0.00000256. The van der Waals surface area contributed by atoms with Crippen molar-refractivity contribution in [2.45, 2.75) is 4.90 Å². The summed E-state index contributed by atoms with van der Waals surface area (Å²) in [7, 11) is -4.76. The number of hydrogen-bond acceptors (Lipinski definition) is 6. The molecule has 1 aliphatic carbocycles. The van der Waals surface area contributed by atoms with E-state index < -0.39 is 32.3 Å².